The number of hydrogen-bond acceptors (Lipinski definition) is 8. The van der Waals surface area contributed by atoms with E-state index in [1.807, 2.05) is 0 Å². The van der Waals surface area contributed by atoms with Gasteiger partial charge in [-0.3, -0.25) is 0 Å². The van der Waals surface area contributed by atoms with Gasteiger partial charge in [-0.1, -0.05) is 11.6 Å². The van der Waals surface area contributed by atoms with Crippen molar-refractivity contribution in [3.8, 4) is 11.4 Å². The fourth-order valence-corrected chi connectivity index (χ4v) is 2.30. The Kier molecular flexibility index (Phi) is 5.40. The van der Waals surface area contributed by atoms with E-state index in [-0.39, 0.29) is 34.8 Å². The van der Waals surface area contributed by atoms with Crippen molar-refractivity contribution in [2.75, 3.05) is 13.2 Å². The number of aromatic nitrogens is 3. The summed E-state index contributed by atoms with van der Waals surface area (Å²) in [5, 5.41) is 0.232. The Hall–Kier alpha value is -2.06. The highest BCUT2D eigenvalue weighted by molar-refractivity contribution is 7.07. The fourth-order valence-electron chi connectivity index (χ4n) is 1.54. The lowest BCUT2D eigenvalue weighted by molar-refractivity contribution is 0.0516. The zero-order valence-electron chi connectivity index (χ0n) is 11.8. The molecule has 9 heteroatoms. The molecule has 0 spiro atoms. The molecule has 0 radical (unpaired) electrons. The minimum absolute atomic E-state index is 0.106. The Morgan fingerprint density at radius 2 is 1.91 bits per heavy atom. The van der Waals surface area contributed by atoms with Gasteiger partial charge in [0.1, 0.15) is 5.15 Å². The Morgan fingerprint density at radius 3 is 2.59 bits per heavy atom. The van der Waals surface area contributed by atoms with E-state index in [0.29, 0.717) is 5.56 Å². The molecule has 0 bridgehead atoms. The number of carbonyl (C=O) groups is 2. The van der Waals surface area contributed by atoms with E-state index < -0.39 is 11.9 Å². The molecule has 2 rings (SSSR count). The first-order chi connectivity index (χ1) is 10.6. The average Bonchev–Trinajstić information content (AvgIpc) is 2.98. The Bertz CT molecular complexity index is 704. The lowest BCUT2D eigenvalue weighted by Gasteiger charge is -2.04. The van der Waals surface area contributed by atoms with E-state index >= 15 is 0 Å². The molecule has 0 saturated carbocycles. The van der Waals surface area contributed by atoms with Crippen molar-refractivity contribution in [1.29, 1.82) is 0 Å². The van der Waals surface area contributed by atoms with Gasteiger partial charge in [-0.15, -0.1) is 0 Å². The van der Waals surface area contributed by atoms with Crippen molar-refractivity contribution in [2.24, 2.45) is 0 Å². The zero-order valence-corrected chi connectivity index (χ0v) is 13.4. The Balaban J connectivity index is 2.34. The van der Waals surface area contributed by atoms with Gasteiger partial charge in [0.2, 0.25) is 5.01 Å². The standard InChI is InChI=1S/C13H12ClN3O4S/c1-3-20-12(18)7-5-8(9(14)15-6-7)10-16-11(22-17-10)13(19)21-4-2/h5-6H,3-4H2,1-2H3. The largest absolute Gasteiger partial charge is 0.462 e. The summed E-state index contributed by atoms with van der Waals surface area (Å²) in [4.78, 5) is 31.3. The number of halogens is 1. The van der Waals surface area contributed by atoms with Crippen molar-refractivity contribution >= 4 is 35.1 Å². The van der Waals surface area contributed by atoms with Gasteiger partial charge in [-0.2, -0.15) is 4.37 Å². The molecule has 0 aliphatic rings. The van der Waals surface area contributed by atoms with Crippen molar-refractivity contribution in [1.82, 2.24) is 14.3 Å². The van der Waals surface area contributed by atoms with Gasteiger partial charge in [-0.05, 0) is 31.4 Å². The van der Waals surface area contributed by atoms with Gasteiger partial charge in [0, 0.05) is 6.20 Å². The summed E-state index contributed by atoms with van der Waals surface area (Å²) < 4.78 is 13.8. The third-order valence-corrected chi connectivity index (χ3v) is 3.46. The molecule has 116 valence electrons. The monoisotopic (exact) mass is 341 g/mol. The SMILES string of the molecule is CCOC(=O)c1cnc(Cl)c(-c2nsc(C(=O)OCC)n2)c1. The van der Waals surface area contributed by atoms with Crippen LogP contribution in [-0.4, -0.2) is 39.5 Å². The molecule has 0 unspecified atom stereocenters. The molecule has 0 atom stereocenters. The highest BCUT2D eigenvalue weighted by Gasteiger charge is 2.18. The molecule has 0 N–H and O–H groups in total. The molecule has 2 aromatic rings. The van der Waals surface area contributed by atoms with Crippen LogP contribution in [0.2, 0.25) is 5.15 Å². The first-order valence-electron chi connectivity index (χ1n) is 6.40. The van der Waals surface area contributed by atoms with Crippen LogP contribution in [0.15, 0.2) is 12.3 Å². The molecule has 0 aromatic carbocycles. The minimum Gasteiger partial charge on any atom is -0.462 e. The lowest BCUT2D eigenvalue weighted by atomic mass is 10.2. The summed E-state index contributed by atoms with van der Waals surface area (Å²) in [5.41, 5.74) is 0.577. The van der Waals surface area contributed by atoms with Gasteiger partial charge in [0.05, 0.1) is 24.3 Å². The van der Waals surface area contributed by atoms with Crippen LogP contribution in [-0.2, 0) is 9.47 Å². The molecular weight excluding hydrogens is 330 g/mol. The summed E-state index contributed by atoms with van der Waals surface area (Å²) in [5.74, 6) is -0.873. The van der Waals surface area contributed by atoms with Gasteiger partial charge in [0.15, 0.2) is 5.82 Å². The van der Waals surface area contributed by atoms with E-state index in [2.05, 4.69) is 14.3 Å². The number of rotatable bonds is 5. The van der Waals surface area contributed by atoms with E-state index in [4.69, 9.17) is 21.1 Å². The summed E-state index contributed by atoms with van der Waals surface area (Å²) in [7, 11) is 0. The molecule has 0 aliphatic carbocycles. The minimum atomic E-state index is -0.558. The van der Waals surface area contributed by atoms with Crippen LogP contribution in [0.25, 0.3) is 11.4 Å². The number of carbonyl (C=O) groups excluding carboxylic acids is 2. The van der Waals surface area contributed by atoms with Crippen molar-refractivity contribution in [2.45, 2.75) is 13.8 Å². The maximum atomic E-state index is 11.7. The highest BCUT2D eigenvalue weighted by Crippen LogP contribution is 2.26. The second-order valence-corrected chi connectivity index (χ2v) is 5.04. The van der Waals surface area contributed by atoms with Crippen LogP contribution < -0.4 is 0 Å². The molecule has 0 aliphatic heterocycles. The highest BCUT2D eigenvalue weighted by atomic mass is 35.5. The second-order valence-electron chi connectivity index (χ2n) is 3.93. The maximum absolute atomic E-state index is 11.7. The van der Waals surface area contributed by atoms with Gasteiger partial charge in [0.25, 0.3) is 0 Å². The number of pyridine rings is 1. The van der Waals surface area contributed by atoms with Crippen molar-refractivity contribution in [3.05, 3.63) is 28.0 Å². The van der Waals surface area contributed by atoms with Gasteiger partial charge >= 0.3 is 11.9 Å². The quantitative estimate of drug-likeness (QED) is 0.609. The molecule has 7 nitrogen and oxygen atoms in total. The Morgan fingerprint density at radius 1 is 1.23 bits per heavy atom. The second kappa shape index (κ2) is 7.28. The normalized spacial score (nSPS) is 10.3. The van der Waals surface area contributed by atoms with E-state index in [1.165, 1.54) is 12.3 Å². The van der Waals surface area contributed by atoms with Crippen molar-refractivity contribution < 1.29 is 19.1 Å². The van der Waals surface area contributed by atoms with Gasteiger partial charge in [-0.25, -0.2) is 19.6 Å². The summed E-state index contributed by atoms with van der Waals surface area (Å²) in [6.07, 6.45) is 1.31. The maximum Gasteiger partial charge on any atom is 0.369 e. The van der Waals surface area contributed by atoms with Gasteiger partial charge < -0.3 is 9.47 Å². The van der Waals surface area contributed by atoms with Crippen LogP contribution in [0.3, 0.4) is 0 Å². The third-order valence-electron chi connectivity index (χ3n) is 2.47. The van der Waals surface area contributed by atoms with E-state index in [9.17, 15) is 9.59 Å². The molecule has 2 heterocycles. The predicted molar refractivity (Wildman–Crippen MR) is 80.1 cm³/mol. The number of nitrogens with zero attached hydrogens (tertiary/aromatic N) is 3. The zero-order chi connectivity index (χ0) is 16.1. The van der Waals surface area contributed by atoms with Crippen LogP contribution >= 0.6 is 23.1 Å². The molecule has 0 saturated heterocycles. The summed E-state index contributed by atoms with van der Waals surface area (Å²) in [6, 6.07) is 1.48. The molecular formula is C13H12ClN3O4S. The van der Waals surface area contributed by atoms with E-state index in [0.717, 1.165) is 11.5 Å². The van der Waals surface area contributed by atoms with Crippen molar-refractivity contribution in [3.63, 3.8) is 0 Å². The first kappa shape index (κ1) is 16.3. The number of esters is 2. The average molecular weight is 342 g/mol. The summed E-state index contributed by atoms with van der Waals surface area (Å²) in [6.45, 7) is 3.90. The van der Waals surface area contributed by atoms with E-state index in [1.54, 1.807) is 13.8 Å². The fraction of sp³-hybridized carbons (Fsp3) is 0.308. The molecule has 0 amide bonds. The lowest BCUT2D eigenvalue weighted by Crippen LogP contribution is -2.06. The first-order valence-corrected chi connectivity index (χ1v) is 7.55. The van der Waals surface area contributed by atoms with Crippen LogP contribution in [0.4, 0.5) is 0 Å². The summed E-state index contributed by atoms with van der Waals surface area (Å²) >= 11 is 6.90. The molecule has 2 aromatic heterocycles. The van der Waals surface area contributed by atoms with Crippen LogP contribution in [0, 0.1) is 0 Å². The smallest absolute Gasteiger partial charge is 0.369 e. The third kappa shape index (κ3) is 3.58. The number of hydrogen-bond donors (Lipinski definition) is 0. The topological polar surface area (TPSA) is 91.3 Å². The molecule has 22 heavy (non-hydrogen) atoms. The Labute approximate surface area is 135 Å². The van der Waals surface area contributed by atoms with Crippen LogP contribution in [0.1, 0.15) is 34.0 Å². The number of ether oxygens (including phenoxy) is 2. The molecule has 0 fully saturated rings. The van der Waals surface area contributed by atoms with Crippen LogP contribution in [0.5, 0.6) is 0 Å². The predicted octanol–water partition coefficient (Wildman–Crippen LogP) is 2.61.